The molecule has 4 nitrogen and oxygen atoms in total. The topological polar surface area (TPSA) is 44.2 Å². The van der Waals surface area contributed by atoms with Crippen LogP contribution in [0.1, 0.15) is 5.69 Å². The zero-order chi connectivity index (χ0) is 14.7. The molecule has 2 rings (SSSR count). The highest BCUT2D eigenvalue weighted by Gasteiger charge is 2.15. The molecule has 0 spiro atoms. The van der Waals surface area contributed by atoms with E-state index in [0.29, 0.717) is 28.4 Å². The van der Waals surface area contributed by atoms with Gasteiger partial charge in [0.1, 0.15) is 10.9 Å². The molecule has 0 aliphatic carbocycles. The van der Waals surface area contributed by atoms with E-state index in [9.17, 15) is 0 Å². The Morgan fingerprint density at radius 1 is 1.20 bits per heavy atom. The fourth-order valence-electron chi connectivity index (χ4n) is 1.67. The minimum absolute atomic E-state index is 0.365. The summed E-state index contributed by atoms with van der Waals surface area (Å²) in [7, 11) is 3.17. The Hall–Kier alpha value is -0.630. The van der Waals surface area contributed by atoms with Crippen molar-refractivity contribution in [1.82, 2.24) is 9.97 Å². The zero-order valence-electron chi connectivity index (χ0n) is 10.8. The van der Waals surface area contributed by atoms with Gasteiger partial charge in [-0.25, -0.2) is 9.97 Å². The SMILES string of the molecule is COCc1nc(-c2ccc(Cl)cc2OC)nc(Cl)c1I. The van der Waals surface area contributed by atoms with Crippen molar-refractivity contribution in [2.45, 2.75) is 6.61 Å². The number of ether oxygens (including phenoxy) is 2. The number of aromatic nitrogens is 2. The van der Waals surface area contributed by atoms with E-state index in [0.717, 1.165) is 14.8 Å². The molecule has 1 heterocycles. The van der Waals surface area contributed by atoms with Crippen LogP contribution >= 0.6 is 45.8 Å². The van der Waals surface area contributed by atoms with E-state index in [4.69, 9.17) is 32.7 Å². The molecule has 7 heteroatoms. The van der Waals surface area contributed by atoms with Gasteiger partial charge in [0.15, 0.2) is 5.82 Å². The number of methoxy groups -OCH3 is 2. The second-order valence-electron chi connectivity index (χ2n) is 3.88. The summed E-state index contributed by atoms with van der Waals surface area (Å²) < 4.78 is 11.2. The van der Waals surface area contributed by atoms with Crippen molar-refractivity contribution in [3.63, 3.8) is 0 Å². The first-order valence-electron chi connectivity index (χ1n) is 5.61. The lowest BCUT2D eigenvalue weighted by Crippen LogP contribution is -2.02. The molecular weight excluding hydrogens is 414 g/mol. The molecule has 1 aromatic carbocycles. The van der Waals surface area contributed by atoms with Gasteiger partial charge in [0, 0.05) is 12.1 Å². The molecule has 0 unspecified atom stereocenters. The molecule has 0 radical (unpaired) electrons. The maximum atomic E-state index is 6.15. The smallest absolute Gasteiger partial charge is 0.165 e. The molecule has 0 aliphatic heterocycles. The van der Waals surface area contributed by atoms with Gasteiger partial charge < -0.3 is 9.47 Å². The zero-order valence-corrected chi connectivity index (χ0v) is 14.5. The van der Waals surface area contributed by atoms with E-state index >= 15 is 0 Å². The van der Waals surface area contributed by atoms with Crippen LogP contribution in [-0.2, 0) is 11.3 Å². The van der Waals surface area contributed by atoms with Gasteiger partial charge in [0.25, 0.3) is 0 Å². The maximum Gasteiger partial charge on any atom is 0.165 e. The minimum Gasteiger partial charge on any atom is -0.496 e. The highest BCUT2D eigenvalue weighted by molar-refractivity contribution is 14.1. The van der Waals surface area contributed by atoms with Crippen molar-refractivity contribution >= 4 is 45.8 Å². The largest absolute Gasteiger partial charge is 0.496 e. The van der Waals surface area contributed by atoms with Crippen LogP contribution in [0.2, 0.25) is 10.2 Å². The molecule has 0 amide bonds. The van der Waals surface area contributed by atoms with E-state index in [1.807, 2.05) is 0 Å². The van der Waals surface area contributed by atoms with Crippen LogP contribution < -0.4 is 4.74 Å². The number of rotatable bonds is 4. The van der Waals surface area contributed by atoms with Crippen molar-refractivity contribution in [2.75, 3.05) is 14.2 Å². The predicted octanol–water partition coefficient (Wildman–Crippen LogP) is 4.21. The van der Waals surface area contributed by atoms with Crippen LogP contribution in [0.5, 0.6) is 5.75 Å². The van der Waals surface area contributed by atoms with Gasteiger partial charge in [0.05, 0.1) is 28.5 Å². The van der Waals surface area contributed by atoms with Gasteiger partial charge >= 0.3 is 0 Å². The predicted molar refractivity (Wildman–Crippen MR) is 87.5 cm³/mol. The highest BCUT2D eigenvalue weighted by atomic mass is 127. The van der Waals surface area contributed by atoms with Crippen LogP contribution in [-0.4, -0.2) is 24.2 Å². The van der Waals surface area contributed by atoms with Gasteiger partial charge in [-0.15, -0.1) is 0 Å². The second-order valence-corrected chi connectivity index (χ2v) is 5.75. The Morgan fingerprint density at radius 3 is 2.60 bits per heavy atom. The number of halogens is 3. The van der Waals surface area contributed by atoms with Crippen molar-refractivity contribution in [1.29, 1.82) is 0 Å². The van der Waals surface area contributed by atoms with Crippen LogP contribution in [0.25, 0.3) is 11.4 Å². The lowest BCUT2D eigenvalue weighted by molar-refractivity contribution is 0.181. The first kappa shape index (κ1) is 15.8. The van der Waals surface area contributed by atoms with Crippen LogP contribution in [0.15, 0.2) is 18.2 Å². The molecule has 0 saturated carbocycles. The fourth-order valence-corrected chi connectivity index (χ4v) is 2.41. The molecule has 0 fully saturated rings. The van der Waals surface area contributed by atoms with Gasteiger partial charge in [-0.3, -0.25) is 0 Å². The van der Waals surface area contributed by atoms with E-state index in [1.54, 1.807) is 32.4 Å². The van der Waals surface area contributed by atoms with E-state index in [1.165, 1.54) is 0 Å². The van der Waals surface area contributed by atoms with Gasteiger partial charge in [0.2, 0.25) is 0 Å². The maximum absolute atomic E-state index is 6.15. The number of hydrogen-bond acceptors (Lipinski definition) is 4. The fraction of sp³-hybridized carbons (Fsp3) is 0.231. The summed E-state index contributed by atoms with van der Waals surface area (Å²) in [6.07, 6.45) is 0. The molecule has 0 saturated heterocycles. The summed E-state index contributed by atoms with van der Waals surface area (Å²) in [6.45, 7) is 0.365. The third-order valence-corrected chi connectivity index (χ3v) is 4.53. The molecule has 106 valence electrons. The third kappa shape index (κ3) is 3.33. The van der Waals surface area contributed by atoms with Crippen LogP contribution in [0.4, 0.5) is 0 Å². The van der Waals surface area contributed by atoms with Crippen molar-refractivity contribution < 1.29 is 9.47 Å². The summed E-state index contributed by atoms with van der Waals surface area (Å²) in [6, 6.07) is 5.27. The minimum atomic E-state index is 0.365. The quantitative estimate of drug-likeness (QED) is 0.544. The Kier molecular flexibility index (Phi) is 5.42. The number of nitrogens with zero attached hydrogens (tertiary/aromatic N) is 2. The van der Waals surface area contributed by atoms with E-state index in [-0.39, 0.29) is 0 Å². The molecule has 20 heavy (non-hydrogen) atoms. The lowest BCUT2D eigenvalue weighted by atomic mass is 10.2. The summed E-state index contributed by atoms with van der Waals surface area (Å²) >= 11 is 14.2. The summed E-state index contributed by atoms with van der Waals surface area (Å²) in [5.74, 6) is 1.08. The Labute approximate surface area is 140 Å². The monoisotopic (exact) mass is 424 g/mol. The van der Waals surface area contributed by atoms with Gasteiger partial charge in [-0.05, 0) is 40.8 Å². The average molecular weight is 425 g/mol. The molecule has 0 atom stereocenters. The first-order chi connectivity index (χ1) is 9.56. The third-order valence-electron chi connectivity index (χ3n) is 2.56. The molecule has 1 aromatic heterocycles. The van der Waals surface area contributed by atoms with Crippen LogP contribution in [0.3, 0.4) is 0 Å². The Bertz CT molecular complexity index is 638. The second kappa shape index (κ2) is 6.89. The average Bonchev–Trinajstić information content (AvgIpc) is 2.43. The summed E-state index contributed by atoms with van der Waals surface area (Å²) in [4.78, 5) is 8.77. The van der Waals surface area contributed by atoms with Crippen molar-refractivity contribution in [3.8, 4) is 17.1 Å². The molecule has 0 bridgehead atoms. The molecular formula is C13H11Cl2IN2O2. The summed E-state index contributed by atoms with van der Waals surface area (Å²) in [5, 5.41) is 0.971. The molecule has 0 aliphatic rings. The molecule has 2 aromatic rings. The number of hydrogen-bond donors (Lipinski definition) is 0. The Morgan fingerprint density at radius 2 is 1.95 bits per heavy atom. The standard InChI is InChI=1S/C13H11Cl2IN2O2/c1-19-6-9-11(16)12(15)18-13(17-9)8-4-3-7(14)5-10(8)20-2/h3-5H,6H2,1-2H3. The highest BCUT2D eigenvalue weighted by Crippen LogP contribution is 2.32. The normalized spacial score (nSPS) is 10.7. The van der Waals surface area contributed by atoms with E-state index < -0.39 is 0 Å². The van der Waals surface area contributed by atoms with Gasteiger partial charge in [-0.2, -0.15) is 0 Å². The Balaban J connectivity index is 2.58. The van der Waals surface area contributed by atoms with Crippen molar-refractivity contribution in [3.05, 3.63) is 37.6 Å². The lowest BCUT2D eigenvalue weighted by Gasteiger charge is -2.11. The summed E-state index contributed by atoms with van der Waals surface area (Å²) in [5.41, 5.74) is 1.47. The van der Waals surface area contributed by atoms with Crippen LogP contribution in [0, 0.1) is 3.57 Å². The van der Waals surface area contributed by atoms with Crippen molar-refractivity contribution in [2.24, 2.45) is 0 Å². The van der Waals surface area contributed by atoms with E-state index in [2.05, 4.69) is 32.6 Å². The molecule has 0 N–H and O–H groups in total. The number of benzene rings is 1. The van der Waals surface area contributed by atoms with Gasteiger partial charge in [-0.1, -0.05) is 23.2 Å². The first-order valence-corrected chi connectivity index (χ1v) is 7.45.